The number of fused-ring (bicyclic) bond motifs is 3. The molecule has 0 saturated carbocycles. The van der Waals surface area contributed by atoms with E-state index in [1.54, 1.807) is 7.11 Å². The van der Waals surface area contributed by atoms with Gasteiger partial charge in [-0.25, -0.2) is 0 Å². The van der Waals surface area contributed by atoms with Gasteiger partial charge in [-0.05, 0) is 46.9 Å². The smallest absolute Gasteiger partial charge is 0.231 e. The summed E-state index contributed by atoms with van der Waals surface area (Å²) in [6, 6.07) is 5.89. The van der Waals surface area contributed by atoms with Gasteiger partial charge < -0.3 is 24.1 Å². The molecule has 0 fully saturated rings. The quantitative estimate of drug-likeness (QED) is 0.877. The maximum absolute atomic E-state index is 10.7. The molecule has 1 unspecified atom stereocenters. The number of methoxy groups -OCH3 is 1. The van der Waals surface area contributed by atoms with E-state index >= 15 is 0 Å². The van der Waals surface area contributed by atoms with E-state index < -0.39 is 0 Å². The highest BCUT2D eigenvalue weighted by atomic mass is 16.7. The molecule has 23 heavy (non-hydrogen) atoms. The molecule has 0 aromatic heterocycles. The lowest BCUT2D eigenvalue weighted by atomic mass is 9.79. The average molecular weight is 312 g/mol. The van der Waals surface area contributed by atoms with E-state index in [0.29, 0.717) is 12.4 Å². The molecular formula is C18H16O5. The van der Waals surface area contributed by atoms with Crippen LogP contribution < -0.4 is 14.2 Å². The van der Waals surface area contributed by atoms with Crippen molar-refractivity contribution in [2.24, 2.45) is 0 Å². The van der Waals surface area contributed by atoms with Crippen LogP contribution in [-0.4, -0.2) is 25.6 Å². The van der Waals surface area contributed by atoms with Crippen molar-refractivity contribution >= 4 is 0 Å². The predicted octanol–water partition coefficient (Wildman–Crippen LogP) is 2.97. The van der Waals surface area contributed by atoms with Gasteiger partial charge in [0.25, 0.3) is 0 Å². The third-order valence-corrected chi connectivity index (χ3v) is 4.90. The normalized spacial score (nSPS) is 20.0. The minimum atomic E-state index is -0.0292. The number of phenolic OH excluding ortho intramolecular Hbond substituents is 1. The van der Waals surface area contributed by atoms with Crippen molar-refractivity contribution in [1.82, 2.24) is 0 Å². The maximum atomic E-state index is 10.7. The molecule has 5 heteroatoms. The highest BCUT2D eigenvalue weighted by Crippen LogP contribution is 2.53. The minimum Gasteiger partial charge on any atom is -0.504 e. The lowest BCUT2D eigenvalue weighted by molar-refractivity contribution is 0.0417. The molecule has 0 bridgehead atoms. The fourth-order valence-electron chi connectivity index (χ4n) is 3.86. The van der Waals surface area contributed by atoms with Gasteiger partial charge in [0, 0.05) is 12.0 Å². The van der Waals surface area contributed by atoms with Crippen LogP contribution in [-0.2, 0) is 17.6 Å². The summed E-state index contributed by atoms with van der Waals surface area (Å²) in [7, 11) is 1.58. The van der Waals surface area contributed by atoms with Gasteiger partial charge in [-0.3, -0.25) is 0 Å². The van der Waals surface area contributed by atoms with Crippen LogP contribution in [0, 0.1) is 0 Å². The number of phenols is 1. The van der Waals surface area contributed by atoms with E-state index in [1.165, 1.54) is 5.56 Å². The van der Waals surface area contributed by atoms with E-state index in [2.05, 4.69) is 0 Å². The van der Waals surface area contributed by atoms with Crippen LogP contribution in [0.1, 0.15) is 22.8 Å². The minimum absolute atomic E-state index is 0.0292. The average Bonchev–Trinajstić information content (AvgIpc) is 3.02. The molecule has 0 amide bonds. The number of hydrogen-bond acceptors (Lipinski definition) is 5. The summed E-state index contributed by atoms with van der Waals surface area (Å²) >= 11 is 0. The number of hydrogen-bond donors (Lipinski definition) is 1. The number of aromatic hydroxyl groups is 1. The summed E-state index contributed by atoms with van der Waals surface area (Å²) in [5.41, 5.74) is 5.16. The second-order valence-electron chi connectivity index (χ2n) is 6.05. The van der Waals surface area contributed by atoms with Crippen molar-refractivity contribution in [3.63, 3.8) is 0 Å². The molecule has 2 aliphatic heterocycles. The topological polar surface area (TPSA) is 57.2 Å². The summed E-state index contributed by atoms with van der Waals surface area (Å²) < 4.78 is 22.3. The Kier molecular flexibility index (Phi) is 2.59. The zero-order valence-electron chi connectivity index (χ0n) is 12.7. The molecular weight excluding hydrogens is 296 g/mol. The Morgan fingerprint density at radius 2 is 1.96 bits per heavy atom. The van der Waals surface area contributed by atoms with Crippen LogP contribution in [0.5, 0.6) is 23.0 Å². The molecule has 2 heterocycles. The molecule has 1 atom stereocenters. The van der Waals surface area contributed by atoms with Crippen molar-refractivity contribution in [2.45, 2.75) is 18.9 Å². The fourth-order valence-corrected chi connectivity index (χ4v) is 3.86. The van der Waals surface area contributed by atoms with Gasteiger partial charge >= 0.3 is 0 Å². The Labute approximate surface area is 133 Å². The molecule has 118 valence electrons. The number of rotatable bonds is 1. The highest BCUT2D eigenvalue weighted by molar-refractivity contribution is 5.84. The predicted molar refractivity (Wildman–Crippen MR) is 82.3 cm³/mol. The van der Waals surface area contributed by atoms with E-state index in [-0.39, 0.29) is 18.6 Å². The third-order valence-electron chi connectivity index (χ3n) is 4.90. The fraction of sp³-hybridized carbons (Fsp3) is 0.333. The summed E-state index contributed by atoms with van der Waals surface area (Å²) in [5.74, 6) is 2.15. The summed E-state index contributed by atoms with van der Waals surface area (Å²) in [6.07, 6.45) is 1.58. The van der Waals surface area contributed by atoms with Gasteiger partial charge in [-0.2, -0.15) is 0 Å². The number of benzene rings is 2. The zero-order valence-corrected chi connectivity index (χ0v) is 12.7. The van der Waals surface area contributed by atoms with Crippen molar-refractivity contribution in [2.75, 3.05) is 20.5 Å². The summed E-state index contributed by atoms with van der Waals surface area (Å²) in [4.78, 5) is 0. The molecule has 0 saturated heterocycles. The Bertz CT molecular complexity index is 827. The zero-order chi connectivity index (χ0) is 15.6. The van der Waals surface area contributed by atoms with Crippen LogP contribution in [0.25, 0.3) is 11.1 Å². The first-order valence-corrected chi connectivity index (χ1v) is 7.73. The van der Waals surface area contributed by atoms with Crippen LogP contribution >= 0.6 is 0 Å². The third kappa shape index (κ3) is 1.71. The van der Waals surface area contributed by atoms with Gasteiger partial charge in [0.15, 0.2) is 23.0 Å². The molecule has 1 N–H and O–H groups in total. The van der Waals surface area contributed by atoms with Crippen molar-refractivity contribution < 1.29 is 24.1 Å². The first kappa shape index (κ1) is 13.1. The van der Waals surface area contributed by atoms with Gasteiger partial charge in [0.05, 0.1) is 19.8 Å². The SMILES string of the molecule is COc1cc2c3c(c1O)-c1cc4c(cc1CC3OCC2)OCO4. The molecule has 3 aliphatic rings. The van der Waals surface area contributed by atoms with Crippen LogP contribution in [0.15, 0.2) is 18.2 Å². The summed E-state index contributed by atoms with van der Waals surface area (Å²) in [5, 5.41) is 10.7. The van der Waals surface area contributed by atoms with Crippen molar-refractivity contribution in [3.05, 3.63) is 34.9 Å². The molecule has 5 nitrogen and oxygen atoms in total. The van der Waals surface area contributed by atoms with Crippen LogP contribution in [0.4, 0.5) is 0 Å². The van der Waals surface area contributed by atoms with E-state index in [4.69, 9.17) is 18.9 Å². The standard InChI is InChI=1S/C18H16O5/c1-20-15-4-9-2-3-21-14-6-10-5-12-13(23-8-22-12)7-11(10)17(16(9)14)18(15)19/h4-5,7,14,19H,2-3,6,8H2,1H3. The van der Waals surface area contributed by atoms with Crippen LogP contribution in [0.3, 0.4) is 0 Å². The van der Waals surface area contributed by atoms with Crippen molar-refractivity contribution in [3.8, 4) is 34.1 Å². The molecule has 0 spiro atoms. The van der Waals surface area contributed by atoms with Gasteiger partial charge in [-0.1, -0.05) is 0 Å². The van der Waals surface area contributed by atoms with Gasteiger partial charge in [0.2, 0.25) is 6.79 Å². The first-order chi connectivity index (χ1) is 11.3. The Morgan fingerprint density at radius 3 is 2.78 bits per heavy atom. The lowest BCUT2D eigenvalue weighted by Gasteiger charge is -2.34. The Hall–Kier alpha value is -2.40. The second kappa shape index (κ2) is 4.55. The van der Waals surface area contributed by atoms with E-state index in [9.17, 15) is 5.11 Å². The first-order valence-electron chi connectivity index (χ1n) is 7.73. The lowest BCUT2D eigenvalue weighted by Crippen LogP contribution is -2.22. The highest BCUT2D eigenvalue weighted by Gasteiger charge is 2.35. The number of ether oxygens (including phenoxy) is 4. The largest absolute Gasteiger partial charge is 0.504 e. The maximum Gasteiger partial charge on any atom is 0.231 e. The molecule has 1 aliphatic carbocycles. The molecule has 2 aromatic carbocycles. The van der Waals surface area contributed by atoms with Gasteiger partial charge in [-0.15, -0.1) is 0 Å². The monoisotopic (exact) mass is 312 g/mol. The summed E-state index contributed by atoms with van der Waals surface area (Å²) in [6.45, 7) is 0.922. The molecule has 0 radical (unpaired) electrons. The van der Waals surface area contributed by atoms with E-state index in [0.717, 1.165) is 46.6 Å². The van der Waals surface area contributed by atoms with Crippen molar-refractivity contribution in [1.29, 1.82) is 0 Å². The van der Waals surface area contributed by atoms with Gasteiger partial charge in [0.1, 0.15) is 0 Å². The Morgan fingerprint density at radius 1 is 1.13 bits per heavy atom. The molecule has 5 rings (SSSR count). The van der Waals surface area contributed by atoms with Crippen LogP contribution in [0.2, 0.25) is 0 Å². The second-order valence-corrected chi connectivity index (χ2v) is 6.05. The van der Waals surface area contributed by atoms with E-state index in [1.807, 2.05) is 18.2 Å². The Balaban J connectivity index is 1.83. The molecule has 2 aromatic rings.